The number of carbonyl (C=O) groups is 1. The number of aryl methyl sites for hydroxylation is 2. The van der Waals surface area contributed by atoms with Crippen LogP contribution in [0.1, 0.15) is 29.5 Å². The van der Waals surface area contributed by atoms with Crippen molar-refractivity contribution in [3.8, 4) is 28.7 Å². The molecule has 7 nitrogen and oxygen atoms in total. The summed E-state index contributed by atoms with van der Waals surface area (Å²) in [6.45, 7) is 3.58. The third-order valence-corrected chi connectivity index (χ3v) is 5.90. The maximum Gasteiger partial charge on any atom is 0.305 e. The van der Waals surface area contributed by atoms with Gasteiger partial charge in [-0.2, -0.15) is 10.4 Å². The first-order chi connectivity index (χ1) is 16.8. The minimum atomic E-state index is -0.952. The molecule has 178 valence electrons. The third-order valence-electron chi connectivity index (χ3n) is 5.90. The monoisotopic (exact) mass is 473 g/mol. The fourth-order valence-corrected chi connectivity index (χ4v) is 4.12. The Balaban J connectivity index is 1.56. The van der Waals surface area contributed by atoms with Gasteiger partial charge in [0.05, 0.1) is 24.8 Å². The molecule has 3 aromatic rings. The van der Waals surface area contributed by atoms with Crippen molar-refractivity contribution in [3.63, 3.8) is 0 Å². The standard InChI is InChI=1S/C27H24FN3O4/c1-16-10-26(17(2)9-23(16)24-11-18(15-32)3-8-25(24)28)35-22-6-4-20(5-7-22)31-21(13-27(33)34)12-19(14-29)30-31/h3-11,21,32H,12-13,15H2,1-2H3,(H,33,34). The number of rotatable bonds is 7. The maximum absolute atomic E-state index is 14.5. The van der Waals surface area contributed by atoms with Crippen molar-refractivity contribution in [3.05, 3.63) is 77.1 Å². The van der Waals surface area contributed by atoms with Gasteiger partial charge in [-0.15, -0.1) is 0 Å². The number of halogens is 1. The molecule has 1 heterocycles. The van der Waals surface area contributed by atoms with E-state index in [0.29, 0.717) is 34.0 Å². The molecule has 4 rings (SSSR count). The lowest BCUT2D eigenvalue weighted by atomic mass is 9.96. The quantitative estimate of drug-likeness (QED) is 0.481. The van der Waals surface area contributed by atoms with Crippen molar-refractivity contribution in [1.82, 2.24) is 0 Å². The van der Waals surface area contributed by atoms with Gasteiger partial charge < -0.3 is 14.9 Å². The Morgan fingerprint density at radius 2 is 1.89 bits per heavy atom. The van der Waals surface area contributed by atoms with Crippen molar-refractivity contribution in [2.45, 2.75) is 39.3 Å². The van der Waals surface area contributed by atoms with Crippen LogP contribution in [0.15, 0.2) is 59.7 Å². The van der Waals surface area contributed by atoms with Crippen LogP contribution < -0.4 is 9.75 Å². The number of carboxylic acid groups (broad SMARTS) is 1. The average Bonchev–Trinajstić information content (AvgIpc) is 3.24. The Kier molecular flexibility index (Phi) is 6.80. The van der Waals surface area contributed by atoms with Crippen LogP contribution in [0.25, 0.3) is 11.1 Å². The Hall–Kier alpha value is -4.22. The highest BCUT2D eigenvalue weighted by Gasteiger charge is 2.29. The zero-order valence-electron chi connectivity index (χ0n) is 19.3. The molecular formula is C27H24FN3O4. The molecule has 3 aromatic carbocycles. The molecule has 35 heavy (non-hydrogen) atoms. The number of hydrazone groups is 1. The van der Waals surface area contributed by atoms with E-state index in [4.69, 9.17) is 10.00 Å². The van der Waals surface area contributed by atoms with E-state index in [1.54, 1.807) is 41.4 Å². The van der Waals surface area contributed by atoms with Gasteiger partial charge >= 0.3 is 5.97 Å². The second-order valence-corrected chi connectivity index (χ2v) is 8.46. The van der Waals surface area contributed by atoms with Crippen LogP contribution in [0, 0.1) is 31.0 Å². The van der Waals surface area contributed by atoms with E-state index < -0.39 is 12.0 Å². The van der Waals surface area contributed by atoms with Gasteiger partial charge in [0.25, 0.3) is 0 Å². The minimum absolute atomic E-state index is 0.125. The maximum atomic E-state index is 14.5. The molecule has 0 fully saturated rings. The molecule has 1 aliphatic heterocycles. The topological polar surface area (TPSA) is 106 Å². The van der Waals surface area contributed by atoms with Crippen molar-refractivity contribution < 1.29 is 24.1 Å². The Morgan fingerprint density at radius 3 is 2.54 bits per heavy atom. The van der Waals surface area contributed by atoms with Crippen molar-refractivity contribution in [2.75, 3.05) is 5.01 Å². The second kappa shape index (κ2) is 9.95. The zero-order chi connectivity index (χ0) is 25.1. The number of carboxylic acids is 1. The molecule has 0 saturated carbocycles. The van der Waals surface area contributed by atoms with Gasteiger partial charge in [-0.25, -0.2) is 4.39 Å². The lowest BCUT2D eigenvalue weighted by Crippen LogP contribution is -2.28. The van der Waals surface area contributed by atoms with Crippen LogP contribution in [0.2, 0.25) is 0 Å². The molecule has 1 aliphatic rings. The normalized spacial score (nSPS) is 15.0. The molecule has 0 saturated heterocycles. The van der Waals surface area contributed by atoms with E-state index in [-0.39, 0.29) is 25.3 Å². The molecular weight excluding hydrogens is 449 g/mol. The van der Waals surface area contributed by atoms with Crippen LogP contribution in [-0.4, -0.2) is 27.9 Å². The van der Waals surface area contributed by atoms with E-state index >= 15 is 0 Å². The summed E-state index contributed by atoms with van der Waals surface area (Å²) in [5.41, 5.74) is 4.37. The predicted molar refractivity (Wildman–Crippen MR) is 130 cm³/mol. The van der Waals surface area contributed by atoms with Crippen molar-refractivity contribution >= 4 is 17.4 Å². The van der Waals surface area contributed by atoms with Crippen LogP contribution in [0.5, 0.6) is 11.5 Å². The first kappa shape index (κ1) is 23.9. The molecule has 1 atom stereocenters. The number of nitrogens with zero attached hydrogens (tertiary/aromatic N) is 3. The van der Waals surface area contributed by atoms with Crippen LogP contribution in [0.3, 0.4) is 0 Å². The van der Waals surface area contributed by atoms with Crippen LogP contribution in [-0.2, 0) is 11.4 Å². The lowest BCUT2D eigenvalue weighted by molar-refractivity contribution is -0.137. The summed E-state index contributed by atoms with van der Waals surface area (Å²) in [6, 6.07) is 16.9. The number of aliphatic hydroxyl groups excluding tert-OH is 1. The number of hydrogen-bond acceptors (Lipinski definition) is 6. The molecule has 2 N–H and O–H groups in total. The van der Waals surface area contributed by atoms with Gasteiger partial charge in [-0.05, 0) is 84.6 Å². The van der Waals surface area contributed by atoms with Gasteiger partial charge in [0, 0.05) is 12.0 Å². The highest BCUT2D eigenvalue weighted by Crippen LogP contribution is 2.35. The van der Waals surface area contributed by atoms with E-state index in [2.05, 4.69) is 5.10 Å². The van der Waals surface area contributed by atoms with Gasteiger partial charge in [0.2, 0.25) is 0 Å². The Bertz CT molecular complexity index is 1350. The zero-order valence-corrected chi connectivity index (χ0v) is 19.3. The molecule has 1 unspecified atom stereocenters. The second-order valence-electron chi connectivity index (χ2n) is 8.46. The number of hydrogen-bond donors (Lipinski definition) is 2. The molecule has 0 bridgehead atoms. The summed E-state index contributed by atoms with van der Waals surface area (Å²) in [5.74, 6) is -0.130. The Morgan fingerprint density at radius 1 is 1.14 bits per heavy atom. The first-order valence-electron chi connectivity index (χ1n) is 11.1. The van der Waals surface area contributed by atoms with Gasteiger partial charge in [-0.1, -0.05) is 6.07 Å². The van der Waals surface area contributed by atoms with Gasteiger partial charge in [0.15, 0.2) is 0 Å². The minimum Gasteiger partial charge on any atom is -0.481 e. The van der Waals surface area contributed by atoms with Crippen LogP contribution in [0.4, 0.5) is 10.1 Å². The first-order valence-corrected chi connectivity index (χ1v) is 11.1. The van der Waals surface area contributed by atoms with E-state index in [1.165, 1.54) is 6.07 Å². The summed E-state index contributed by atoms with van der Waals surface area (Å²) in [4.78, 5) is 11.2. The fraction of sp³-hybridized carbons (Fsp3) is 0.222. The van der Waals surface area contributed by atoms with Gasteiger partial charge in [0.1, 0.15) is 29.1 Å². The molecule has 0 radical (unpaired) electrons. The third kappa shape index (κ3) is 5.15. The number of anilines is 1. The van der Waals surface area contributed by atoms with E-state index in [0.717, 1.165) is 16.7 Å². The van der Waals surface area contributed by atoms with Crippen molar-refractivity contribution in [2.24, 2.45) is 5.10 Å². The number of aliphatic hydroxyl groups is 1. The average molecular weight is 474 g/mol. The van der Waals surface area contributed by atoms with Crippen LogP contribution >= 0.6 is 0 Å². The summed E-state index contributed by atoms with van der Waals surface area (Å²) >= 11 is 0. The largest absolute Gasteiger partial charge is 0.481 e. The van der Waals surface area contributed by atoms with Gasteiger partial charge in [-0.3, -0.25) is 9.80 Å². The number of benzene rings is 3. The molecule has 0 aliphatic carbocycles. The number of nitriles is 1. The highest BCUT2D eigenvalue weighted by molar-refractivity contribution is 6.01. The predicted octanol–water partition coefficient (Wildman–Crippen LogP) is 5.33. The summed E-state index contributed by atoms with van der Waals surface area (Å²) in [7, 11) is 0. The summed E-state index contributed by atoms with van der Waals surface area (Å²) in [5, 5.41) is 33.6. The molecule has 0 amide bonds. The molecule has 8 heteroatoms. The number of aliphatic carboxylic acids is 1. The Labute approximate surface area is 202 Å². The molecule has 0 spiro atoms. The SMILES string of the molecule is Cc1cc(-c2cc(CO)ccc2F)c(C)cc1Oc1ccc(N2N=C(C#N)CC2CC(=O)O)cc1. The highest BCUT2D eigenvalue weighted by atomic mass is 19.1. The van der Waals surface area contributed by atoms with E-state index in [9.17, 15) is 19.4 Å². The fourth-order valence-electron chi connectivity index (χ4n) is 4.12. The molecule has 0 aromatic heterocycles. The van der Waals surface area contributed by atoms with Crippen molar-refractivity contribution in [1.29, 1.82) is 5.26 Å². The smallest absolute Gasteiger partial charge is 0.305 e. The summed E-state index contributed by atoms with van der Waals surface area (Å²) < 4.78 is 20.6. The van der Waals surface area contributed by atoms with E-state index in [1.807, 2.05) is 32.0 Å². The number of ether oxygens (including phenoxy) is 1. The summed E-state index contributed by atoms with van der Waals surface area (Å²) in [6.07, 6.45) is 0.160. The lowest BCUT2D eigenvalue weighted by Gasteiger charge is -2.22.